The first-order chi connectivity index (χ1) is 11.2. The van der Waals surface area contributed by atoms with E-state index in [1.807, 2.05) is 28.9 Å². The lowest BCUT2D eigenvalue weighted by molar-refractivity contribution is -0.119. The number of benzene rings is 1. The number of carbonyl (C=O) groups is 1. The Bertz CT molecular complexity index is 624. The van der Waals surface area contributed by atoms with E-state index in [4.69, 9.17) is 11.6 Å². The summed E-state index contributed by atoms with van der Waals surface area (Å²) in [4.78, 5) is 17.1. The molecule has 0 bridgehead atoms. The van der Waals surface area contributed by atoms with Crippen LogP contribution in [0.4, 0.5) is 0 Å². The van der Waals surface area contributed by atoms with Crippen molar-refractivity contribution in [2.45, 2.75) is 42.7 Å². The molecule has 1 aromatic heterocycles. The van der Waals surface area contributed by atoms with Gasteiger partial charge < -0.3 is 5.32 Å². The molecular weight excluding hydrogens is 332 g/mol. The first-order valence-corrected chi connectivity index (χ1v) is 9.09. The highest BCUT2D eigenvalue weighted by Gasteiger charge is 2.23. The first kappa shape index (κ1) is 16.3. The van der Waals surface area contributed by atoms with Gasteiger partial charge in [0.15, 0.2) is 0 Å². The normalized spacial score (nSPS) is 21.1. The first-order valence-electron chi connectivity index (χ1n) is 7.72. The Balaban J connectivity index is 1.40. The van der Waals surface area contributed by atoms with Crippen LogP contribution in [0.2, 0.25) is 5.02 Å². The Labute approximate surface area is 144 Å². The highest BCUT2D eigenvalue weighted by Crippen LogP contribution is 2.27. The van der Waals surface area contributed by atoms with Crippen molar-refractivity contribution in [1.29, 1.82) is 0 Å². The van der Waals surface area contributed by atoms with E-state index in [0.717, 1.165) is 30.6 Å². The fraction of sp³-hybridized carbons (Fsp3) is 0.438. The Hall–Kier alpha value is -1.53. The van der Waals surface area contributed by atoms with E-state index in [2.05, 4.69) is 15.4 Å². The summed E-state index contributed by atoms with van der Waals surface area (Å²) in [6.07, 6.45) is 7.37. The average molecular weight is 351 g/mol. The van der Waals surface area contributed by atoms with E-state index >= 15 is 0 Å². The number of halogens is 1. The number of thioether (sulfide) groups is 1. The van der Waals surface area contributed by atoms with Gasteiger partial charge in [0.2, 0.25) is 5.91 Å². The zero-order valence-corrected chi connectivity index (χ0v) is 14.3. The number of rotatable bonds is 5. The number of nitrogens with zero attached hydrogens (tertiary/aromatic N) is 3. The maximum Gasteiger partial charge on any atom is 0.230 e. The predicted octanol–water partition coefficient (Wildman–Crippen LogP) is 3.32. The molecule has 1 heterocycles. The van der Waals surface area contributed by atoms with E-state index in [1.165, 1.54) is 11.8 Å². The minimum Gasteiger partial charge on any atom is -0.353 e. The number of nitrogens with one attached hydrogen (secondary N) is 1. The molecule has 1 aromatic carbocycles. The fourth-order valence-corrected chi connectivity index (χ4v) is 3.68. The molecule has 1 N–H and O–H groups in total. The van der Waals surface area contributed by atoms with E-state index in [-0.39, 0.29) is 11.9 Å². The van der Waals surface area contributed by atoms with Crippen LogP contribution >= 0.6 is 23.4 Å². The molecule has 0 spiro atoms. The topological polar surface area (TPSA) is 59.8 Å². The number of carbonyl (C=O) groups excluding carboxylic acids is 1. The van der Waals surface area contributed by atoms with Gasteiger partial charge in [-0.15, -0.1) is 11.8 Å². The highest BCUT2D eigenvalue weighted by atomic mass is 35.5. The van der Waals surface area contributed by atoms with Gasteiger partial charge in [-0.1, -0.05) is 11.6 Å². The Morgan fingerprint density at radius 1 is 1.26 bits per heavy atom. The summed E-state index contributed by atoms with van der Waals surface area (Å²) in [5.74, 6) is 0.527. The van der Waals surface area contributed by atoms with Gasteiger partial charge in [-0.3, -0.25) is 4.79 Å². The fourth-order valence-electron chi connectivity index (χ4n) is 2.84. The second-order valence-electron chi connectivity index (χ2n) is 5.69. The lowest BCUT2D eigenvalue weighted by Crippen LogP contribution is -2.38. The van der Waals surface area contributed by atoms with Crippen molar-refractivity contribution < 1.29 is 4.79 Å². The number of hydrogen-bond acceptors (Lipinski definition) is 4. The smallest absolute Gasteiger partial charge is 0.230 e. The zero-order valence-electron chi connectivity index (χ0n) is 12.7. The number of hydrogen-bond donors (Lipinski definition) is 1. The Morgan fingerprint density at radius 2 is 2.00 bits per heavy atom. The molecule has 0 unspecified atom stereocenters. The zero-order chi connectivity index (χ0) is 16.1. The van der Waals surface area contributed by atoms with Crippen LogP contribution in [0.5, 0.6) is 0 Å². The summed E-state index contributed by atoms with van der Waals surface area (Å²) < 4.78 is 1.93. The summed E-state index contributed by atoms with van der Waals surface area (Å²) in [6.45, 7) is 0. The van der Waals surface area contributed by atoms with Crippen molar-refractivity contribution >= 4 is 29.3 Å². The summed E-state index contributed by atoms with van der Waals surface area (Å²) in [5.41, 5.74) is 0. The molecule has 23 heavy (non-hydrogen) atoms. The Morgan fingerprint density at radius 3 is 2.65 bits per heavy atom. The van der Waals surface area contributed by atoms with Crippen LogP contribution in [0.3, 0.4) is 0 Å². The van der Waals surface area contributed by atoms with Gasteiger partial charge in [-0.2, -0.15) is 5.10 Å². The van der Waals surface area contributed by atoms with Gasteiger partial charge in [0.05, 0.1) is 11.8 Å². The molecular formula is C16H19ClN4OS. The van der Waals surface area contributed by atoms with Gasteiger partial charge in [-0.05, 0) is 49.9 Å². The monoisotopic (exact) mass is 350 g/mol. The van der Waals surface area contributed by atoms with Crippen LogP contribution in [-0.2, 0) is 4.79 Å². The molecule has 1 aliphatic carbocycles. The Kier molecular flexibility index (Phi) is 5.56. The minimum absolute atomic E-state index is 0.0918. The summed E-state index contributed by atoms with van der Waals surface area (Å²) in [5, 5.41) is 8.05. The molecule has 0 atom stereocenters. The average Bonchev–Trinajstić information content (AvgIpc) is 3.09. The van der Waals surface area contributed by atoms with Crippen LogP contribution in [0, 0.1) is 0 Å². The standard InChI is InChI=1S/C16H19ClN4OS/c17-12-1-7-15(8-2-12)23-9-16(22)20-13-3-5-14(6-4-13)21-11-18-10-19-21/h1-2,7-8,10-11,13-14H,3-6,9H2,(H,20,22). The van der Waals surface area contributed by atoms with Crippen LogP contribution in [-0.4, -0.2) is 32.5 Å². The van der Waals surface area contributed by atoms with E-state index in [9.17, 15) is 4.79 Å². The van der Waals surface area contributed by atoms with Crippen LogP contribution in [0.1, 0.15) is 31.7 Å². The SMILES string of the molecule is O=C(CSc1ccc(Cl)cc1)NC1CCC(n2cncn2)CC1. The number of aromatic nitrogens is 3. The third-order valence-electron chi connectivity index (χ3n) is 4.06. The molecule has 1 aliphatic rings. The molecule has 0 aliphatic heterocycles. The minimum atomic E-state index is 0.0918. The quantitative estimate of drug-likeness (QED) is 0.840. The molecule has 122 valence electrons. The molecule has 7 heteroatoms. The predicted molar refractivity (Wildman–Crippen MR) is 91.6 cm³/mol. The van der Waals surface area contributed by atoms with Gasteiger partial charge in [0.25, 0.3) is 0 Å². The highest BCUT2D eigenvalue weighted by molar-refractivity contribution is 8.00. The molecule has 0 saturated heterocycles. The largest absolute Gasteiger partial charge is 0.353 e. The lowest BCUT2D eigenvalue weighted by atomic mass is 9.91. The van der Waals surface area contributed by atoms with Crippen molar-refractivity contribution in [2.75, 3.05) is 5.75 Å². The van der Waals surface area contributed by atoms with Crippen LogP contribution in [0.25, 0.3) is 0 Å². The maximum atomic E-state index is 12.1. The third kappa shape index (κ3) is 4.72. The third-order valence-corrected chi connectivity index (χ3v) is 5.32. The summed E-state index contributed by atoms with van der Waals surface area (Å²) in [7, 11) is 0. The van der Waals surface area contributed by atoms with Gasteiger partial charge in [-0.25, -0.2) is 9.67 Å². The second-order valence-corrected chi connectivity index (χ2v) is 7.18. The summed E-state index contributed by atoms with van der Waals surface area (Å²) in [6, 6.07) is 8.23. The van der Waals surface area contributed by atoms with Crippen molar-refractivity contribution in [3.63, 3.8) is 0 Å². The molecule has 3 rings (SSSR count). The molecule has 1 fully saturated rings. The van der Waals surface area contributed by atoms with Crippen molar-refractivity contribution in [3.05, 3.63) is 41.9 Å². The van der Waals surface area contributed by atoms with Gasteiger partial charge >= 0.3 is 0 Å². The maximum absolute atomic E-state index is 12.1. The van der Waals surface area contributed by atoms with Gasteiger partial charge in [0, 0.05) is 16.0 Å². The van der Waals surface area contributed by atoms with Crippen LogP contribution < -0.4 is 5.32 Å². The van der Waals surface area contributed by atoms with E-state index in [1.54, 1.807) is 12.7 Å². The second kappa shape index (κ2) is 7.84. The molecule has 1 saturated carbocycles. The molecule has 0 radical (unpaired) electrons. The molecule has 2 aromatic rings. The van der Waals surface area contributed by atoms with Crippen molar-refractivity contribution in [3.8, 4) is 0 Å². The molecule has 5 nitrogen and oxygen atoms in total. The van der Waals surface area contributed by atoms with Gasteiger partial charge in [0.1, 0.15) is 12.7 Å². The van der Waals surface area contributed by atoms with Crippen LogP contribution in [0.15, 0.2) is 41.8 Å². The molecule has 1 amide bonds. The number of amides is 1. The van der Waals surface area contributed by atoms with Crippen molar-refractivity contribution in [2.24, 2.45) is 0 Å². The van der Waals surface area contributed by atoms with Crippen molar-refractivity contribution in [1.82, 2.24) is 20.1 Å². The lowest BCUT2D eigenvalue weighted by Gasteiger charge is -2.28. The van der Waals surface area contributed by atoms with E-state index < -0.39 is 0 Å². The summed E-state index contributed by atoms with van der Waals surface area (Å²) >= 11 is 7.38. The van der Waals surface area contributed by atoms with E-state index in [0.29, 0.717) is 16.8 Å².